The van der Waals surface area contributed by atoms with Crippen molar-refractivity contribution in [2.45, 2.75) is 13.1 Å². The first-order valence-electron chi connectivity index (χ1n) is 3.57. The summed E-state index contributed by atoms with van der Waals surface area (Å²) in [6, 6.07) is 5.32. The van der Waals surface area contributed by atoms with Gasteiger partial charge in [0, 0.05) is 12.1 Å². The Balaban J connectivity index is 2.74. The maximum absolute atomic E-state index is 12.1. The van der Waals surface area contributed by atoms with Gasteiger partial charge in [-0.15, -0.1) is 0 Å². The van der Waals surface area contributed by atoms with Crippen molar-refractivity contribution in [3.05, 3.63) is 29.6 Å². The van der Waals surface area contributed by atoms with Crippen LogP contribution in [0.15, 0.2) is 18.2 Å². The fraction of sp³-hybridized carbons (Fsp3) is 0.375. The lowest BCUT2D eigenvalue weighted by Crippen LogP contribution is -2.04. The van der Waals surface area contributed by atoms with Gasteiger partial charge in [-0.3, -0.25) is 4.98 Å². The molecule has 0 unspecified atom stereocenters. The summed E-state index contributed by atoms with van der Waals surface area (Å²) < 4.78 is 12.1. The first-order valence-corrected chi connectivity index (χ1v) is 3.57. The summed E-state index contributed by atoms with van der Waals surface area (Å²) >= 11 is 0. The predicted molar refractivity (Wildman–Crippen MR) is 41.8 cm³/mol. The Morgan fingerprint density at radius 3 is 2.73 bits per heavy atom. The Hall–Kier alpha value is -0.960. The van der Waals surface area contributed by atoms with Crippen LogP contribution in [-0.2, 0) is 13.1 Å². The van der Waals surface area contributed by atoms with E-state index < -0.39 is 6.67 Å². The number of pyridine rings is 1. The first-order chi connectivity index (χ1) is 5.36. The number of halogens is 1. The highest BCUT2D eigenvalue weighted by atomic mass is 19.1. The normalized spacial score (nSPS) is 10.0. The van der Waals surface area contributed by atoms with Crippen LogP contribution in [0.4, 0.5) is 4.39 Å². The molecule has 0 atom stereocenters. The molecule has 0 aliphatic carbocycles. The van der Waals surface area contributed by atoms with E-state index in [-0.39, 0.29) is 0 Å². The van der Waals surface area contributed by atoms with Crippen LogP contribution in [0.1, 0.15) is 11.4 Å². The average molecular weight is 154 g/mol. The van der Waals surface area contributed by atoms with E-state index in [0.717, 1.165) is 5.69 Å². The topological polar surface area (TPSA) is 38.9 Å². The zero-order valence-corrected chi connectivity index (χ0v) is 6.26. The van der Waals surface area contributed by atoms with Crippen molar-refractivity contribution in [2.75, 3.05) is 6.54 Å². The van der Waals surface area contributed by atoms with Gasteiger partial charge in [0.2, 0.25) is 0 Å². The van der Waals surface area contributed by atoms with E-state index in [2.05, 4.69) is 4.98 Å². The molecule has 1 aromatic rings. The quantitative estimate of drug-likeness (QED) is 0.706. The molecule has 1 heterocycles. The molecular weight excluding hydrogens is 143 g/mol. The van der Waals surface area contributed by atoms with Crippen LogP contribution in [0.3, 0.4) is 0 Å². The summed E-state index contributed by atoms with van der Waals surface area (Å²) in [6.45, 7) is 0.0567. The Labute approximate surface area is 65.3 Å². The Morgan fingerprint density at radius 1 is 1.36 bits per heavy atom. The molecule has 2 N–H and O–H groups in total. The molecule has 0 amide bonds. The number of nitrogens with two attached hydrogens (primary N) is 1. The SMILES string of the molecule is NCCc1cccc(CF)n1. The summed E-state index contributed by atoms with van der Waals surface area (Å²) in [6.07, 6.45) is 0.716. The van der Waals surface area contributed by atoms with E-state index in [9.17, 15) is 4.39 Å². The van der Waals surface area contributed by atoms with E-state index in [4.69, 9.17) is 5.73 Å². The average Bonchev–Trinajstić information content (AvgIpc) is 2.06. The summed E-state index contributed by atoms with van der Waals surface area (Å²) in [4.78, 5) is 4.03. The number of alkyl halides is 1. The highest BCUT2D eigenvalue weighted by molar-refractivity contribution is 5.10. The van der Waals surface area contributed by atoms with Gasteiger partial charge in [0.15, 0.2) is 0 Å². The fourth-order valence-corrected chi connectivity index (χ4v) is 0.891. The second-order valence-corrected chi connectivity index (χ2v) is 2.29. The van der Waals surface area contributed by atoms with E-state index in [0.29, 0.717) is 18.7 Å². The smallest absolute Gasteiger partial charge is 0.131 e. The van der Waals surface area contributed by atoms with Crippen molar-refractivity contribution < 1.29 is 4.39 Å². The molecule has 1 aromatic heterocycles. The van der Waals surface area contributed by atoms with Crippen molar-refractivity contribution in [2.24, 2.45) is 5.73 Å². The van der Waals surface area contributed by atoms with Crippen LogP contribution < -0.4 is 5.73 Å². The predicted octanol–water partition coefficient (Wildman–Crippen LogP) is 1.05. The van der Waals surface area contributed by atoms with E-state index in [1.54, 1.807) is 12.1 Å². The second kappa shape index (κ2) is 4.03. The van der Waals surface area contributed by atoms with E-state index in [1.165, 1.54) is 0 Å². The number of hydrogen-bond donors (Lipinski definition) is 1. The largest absolute Gasteiger partial charge is 0.330 e. The molecule has 0 aromatic carbocycles. The van der Waals surface area contributed by atoms with Crippen molar-refractivity contribution in [1.82, 2.24) is 4.98 Å². The summed E-state index contributed by atoms with van der Waals surface area (Å²) in [5.74, 6) is 0. The van der Waals surface area contributed by atoms with E-state index >= 15 is 0 Å². The molecular formula is C8H11FN2. The van der Waals surface area contributed by atoms with Crippen LogP contribution in [0.2, 0.25) is 0 Å². The lowest BCUT2D eigenvalue weighted by atomic mass is 10.2. The second-order valence-electron chi connectivity index (χ2n) is 2.29. The van der Waals surface area contributed by atoms with Gasteiger partial charge >= 0.3 is 0 Å². The summed E-state index contributed by atoms with van der Waals surface area (Å²) in [5, 5.41) is 0. The van der Waals surface area contributed by atoms with Crippen molar-refractivity contribution >= 4 is 0 Å². The molecule has 0 bridgehead atoms. The number of hydrogen-bond acceptors (Lipinski definition) is 2. The van der Waals surface area contributed by atoms with Gasteiger partial charge in [0.25, 0.3) is 0 Å². The zero-order chi connectivity index (χ0) is 8.10. The minimum Gasteiger partial charge on any atom is -0.330 e. The number of aromatic nitrogens is 1. The van der Waals surface area contributed by atoms with Gasteiger partial charge in [0.05, 0.1) is 5.69 Å². The summed E-state index contributed by atoms with van der Waals surface area (Å²) in [7, 11) is 0. The van der Waals surface area contributed by atoms with Gasteiger partial charge in [-0.1, -0.05) is 6.07 Å². The minimum absolute atomic E-state index is 0.482. The first kappa shape index (κ1) is 8.14. The molecule has 11 heavy (non-hydrogen) atoms. The fourth-order valence-electron chi connectivity index (χ4n) is 0.891. The van der Waals surface area contributed by atoms with E-state index in [1.807, 2.05) is 6.07 Å². The highest BCUT2D eigenvalue weighted by Gasteiger charge is 1.94. The van der Waals surface area contributed by atoms with Gasteiger partial charge in [-0.05, 0) is 18.7 Å². The molecule has 0 aliphatic rings. The highest BCUT2D eigenvalue weighted by Crippen LogP contribution is 2.00. The minimum atomic E-state index is -0.502. The van der Waals surface area contributed by atoms with Crippen LogP contribution in [-0.4, -0.2) is 11.5 Å². The van der Waals surface area contributed by atoms with Crippen molar-refractivity contribution in [3.63, 3.8) is 0 Å². The zero-order valence-electron chi connectivity index (χ0n) is 6.26. The third-order valence-electron chi connectivity index (χ3n) is 1.40. The molecule has 0 fully saturated rings. The Morgan fingerprint density at radius 2 is 2.09 bits per heavy atom. The van der Waals surface area contributed by atoms with Crippen LogP contribution in [0, 0.1) is 0 Å². The van der Waals surface area contributed by atoms with Crippen LogP contribution >= 0.6 is 0 Å². The molecule has 1 rings (SSSR count). The Bertz CT molecular complexity index is 225. The van der Waals surface area contributed by atoms with Gasteiger partial charge in [0.1, 0.15) is 6.67 Å². The number of nitrogens with zero attached hydrogens (tertiary/aromatic N) is 1. The molecule has 0 radical (unpaired) electrons. The van der Waals surface area contributed by atoms with Gasteiger partial charge in [-0.25, -0.2) is 4.39 Å². The third kappa shape index (κ3) is 2.27. The molecule has 0 saturated heterocycles. The number of rotatable bonds is 3. The molecule has 0 saturated carbocycles. The standard InChI is InChI=1S/C8H11FN2/c9-6-8-3-1-2-7(11-8)4-5-10/h1-3H,4-6,10H2. The molecule has 0 spiro atoms. The lowest BCUT2D eigenvalue weighted by molar-refractivity contribution is 0.475. The van der Waals surface area contributed by atoms with Crippen LogP contribution in [0.25, 0.3) is 0 Å². The Kier molecular flexibility index (Phi) is 2.98. The molecule has 0 aliphatic heterocycles. The third-order valence-corrected chi connectivity index (χ3v) is 1.40. The van der Waals surface area contributed by atoms with Crippen molar-refractivity contribution in [1.29, 1.82) is 0 Å². The maximum atomic E-state index is 12.1. The van der Waals surface area contributed by atoms with Gasteiger partial charge in [-0.2, -0.15) is 0 Å². The monoisotopic (exact) mass is 154 g/mol. The van der Waals surface area contributed by atoms with Crippen molar-refractivity contribution in [3.8, 4) is 0 Å². The maximum Gasteiger partial charge on any atom is 0.131 e. The van der Waals surface area contributed by atoms with Gasteiger partial charge < -0.3 is 5.73 Å². The van der Waals surface area contributed by atoms with Crippen LogP contribution in [0.5, 0.6) is 0 Å². The molecule has 2 nitrogen and oxygen atoms in total. The lowest BCUT2D eigenvalue weighted by Gasteiger charge is -1.98. The molecule has 3 heteroatoms. The molecule has 60 valence electrons. The summed E-state index contributed by atoms with van der Waals surface area (Å²) in [5.41, 5.74) is 6.66.